The molecule has 0 saturated carbocycles. The van der Waals surface area contributed by atoms with E-state index in [1.165, 1.54) is 18.2 Å². The molecule has 2 aromatic carbocycles. The van der Waals surface area contributed by atoms with E-state index in [2.05, 4.69) is 0 Å². The van der Waals surface area contributed by atoms with E-state index in [4.69, 9.17) is 33.7 Å². The van der Waals surface area contributed by atoms with Crippen molar-refractivity contribution in [1.29, 1.82) is 0 Å². The fraction of sp³-hybridized carbons (Fsp3) is 0.0769. The summed E-state index contributed by atoms with van der Waals surface area (Å²) in [7, 11) is 0. The Morgan fingerprint density at radius 3 is 2.50 bits per heavy atom. The average Bonchev–Trinajstić information content (AvgIpc) is 2.32. The molecule has 0 aliphatic rings. The highest BCUT2D eigenvalue weighted by molar-refractivity contribution is 6.33. The molecule has 0 fully saturated rings. The normalized spacial score (nSPS) is 10.4. The predicted molar refractivity (Wildman–Crippen MR) is 71.6 cm³/mol. The van der Waals surface area contributed by atoms with Gasteiger partial charge in [0, 0.05) is 0 Å². The first-order valence-corrected chi connectivity index (χ1v) is 5.93. The minimum Gasteiger partial charge on any atom is -0.487 e. The number of rotatable bonds is 3. The Kier molecular flexibility index (Phi) is 3.94. The van der Waals surface area contributed by atoms with Gasteiger partial charge in [0.2, 0.25) is 0 Å². The van der Waals surface area contributed by atoms with Gasteiger partial charge < -0.3 is 10.5 Å². The first kappa shape index (κ1) is 13.0. The van der Waals surface area contributed by atoms with Crippen LogP contribution in [0.1, 0.15) is 5.56 Å². The van der Waals surface area contributed by atoms with E-state index in [9.17, 15) is 4.39 Å². The number of anilines is 1. The predicted octanol–water partition coefficient (Wildman–Crippen LogP) is 4.29. The van der Waals surface area contributed by atoms with Gasteiger partial charge in [-0.05, 0) is 35.9 Å². The summed E-state index contributed by atoms with van der Waals surface area (Å²) in [5, 5.41) is 0.732. The lowest BCUT2D eigenvalue weighted by Gasteiger charge is -2.09. The van der Waals surface area contributed by atoms with Crippen molar-refractivity contribution in [2.24, 2.45) is 0 Å². The highest BCUT2D eigenvalue weighted by Gasteiger charge is 2.04. The Hall–Kier alpha value is -1.45. The van der Waals surface area contributed by atoms with Gasteiger partial charge in [-0.1, -0.05) is 29.3 Å². The molecule has 94 valence electrons. The molecule has 2 rings (SSSR count). The fourth-order valence-corrected chi connectivity index (χ4v) is 1.78. The summed E-state index contributed by atoms with van der Waals surface area (Å²) in [5.74, 6) is 0.0228. The van der Waals surface area contributed by atoms with Crippen molar-refractivity contribution in [3.05, 3.63) is 57.8 Å². The van der Waals surface area contributed by atoms with Crippen LogP contribution in [0.15, 0.2) is 36.4 Å². The van der Waals surface area contributed by atoms with E-state index in [0.29, 0.717) is 16.5 Å². The second kappa shape index (κ2) is 5.46. The number of hydrogen-bond donors (Lipinski definition) is 1. The van der Waals surface area contributed by atoms with Gasteiger partial charge in [-0.25, -0.2) is 4.39 Å². The molecule has 0 atom stereocenters. The topological polar surface area (TPSA) is 35.2 Å². The van der Waals surface area contributed by atoms with Gasteiger partial charge in [-0.2, -0.15) is 0 Å². The molecule has 0 spiro atoms. The maximum absolute atomic E-state index is 12.8. The van der Waals surface area contributed by atoms with Crippen molar-refractivity contribution < 1.29 is 9.13 Å². The third kappa shape index (κ3) is 3.06. The lowest BCUT2D eigenvalue weighted by molar-refractivity contribution is 0.306. The molecule has 0 bridgehead atoms. The second-order valence-electron chi connectivity index (χ2n) is 3.72. The molecule has 18 heavy (non-hydrogen) atoms. The van der Waals surface area contributed by atoms with Gasteiger partial charge in [-0.15, -0.1) is 0 Å². The van der Waals surface area contributed by atoms with E-state index >= 15 is 0 Å². The van der Waals surface area contributed by atoms with Gasteiger partial charge in [-0.3, -0.25) is 0 Å². The Balaban J connectivity index is 2.09. The number of benzene rings is 2. The summed E-state index contributed by atoms with van der Waals surface area (Å²) in [6, 6.07) is 9.19. The SMILES string of the molecule is Nc1cc(COc2ccc(F)cc2Cl)ccc1Cl. The molecule has 2 aromatic rings. The molecule has 0 heterocycles. The van der Waals surface area contributed by atoms with Gasteiger partial charge in [0.1, 0.15) is 18.2 Å². The molecule has 0 radical (unpaired) electrons. The molecule has 0 saturated heterocycles. The maximum atomic E-state index is 12.8. The molecule has 0 aromatic heterocycles. The Morgan fingerprint density at radius 2 is 1.83 bits per heavy atom. The summed E-state index contributed by atoms with van der Waals surface area (Å²) in [4.78, 5) is 0. The molecule has 0 amide bonds. The molecule has 5 heteroatoms. The van der Waals surface area contributed by atoms with Gasteiger partial charge >= 0.3 is 0 Å². The second-order valence-corrected chi connectivity index (χ2v) is 4.53. The van der Waals surface area contributed by atoms with Crippen LogP contribution in [0.3, 0.4) is 0 Å². The zero-order valence-electron chi connectivity index (χ0n) is 9.29. The number of nitrogen functional groups attached to an aromatic ring is 1. The Bertz CT molecular complexity index is 575. The van der Waals surface area contributed by atoms with Crippen molar-refractivity contribution >= 4 is 28.9 Å². The summed E-state index contributed by atoms with van der Waals surface area (Å²) < 4.78 is 18.3. The van der Waals surface area contributed by atoms with E-state index in [0.717, 1.165) is 5.56 Å². The minimum absolute atomic E-state index is 0.233. The quantitative estimate of drug-likeness (QED) is 0.854. The Morgan fingerprint density at radius 1 is 1.06 bits per heavy atom. The van der Waals surface area contributed by atoms with Crippen LogP contribution in [0, 0.1) is 5.82 Å². The van der Waals surface area contributed by atoms with Crippen LogP contribution in [0.25, 0.3) is 0 Å². The molecule has 2 nitrogen and oxygen atoms in total. The smallest absolute Gasteiger partial charge is 0.138 e. The standard InChI is InChI=1S/C13H10Cl2FNO/c14-10-3-1-8(5-12(10)17)7-18-13-4-2-9(16)6-11(13)15/h1-6H,7,17H2. The van der Waals surface area contributed by atoms with E-state index < -0.39 is 5.82 Å². The Labute approximate surface area is 114 Å². The first-order chi connectivity index (χ1) is 8.56. The largest absolute Gasteiger partial charge is 0.487 e. The van der Waals surface area contributed by atoms with Crippen molar-refractivity contribution in [2.75, 3.05) is 5.73 Å². The third-order valence-corrected chi connectivity index (χ3v) is 2.99. The molecular formula is C13H10Cl2FNO. The lowest BCUT2D eigenvalue weighted by atomic mass is 10.2. The van der Waals surface area contributed by atoms with Crippen LogP contribution < -0.4 is 10.5 Å². The van der Waals surface area contributed by atoms with Crippen LogP contribution in [0.2, 0.25) is 10.0 Å². The minimum atomic E-state index is -0.400. The van der Waals surface area contributed by atoms with Crippen LogP contribution >= 0.6 is 23.2 Å². The van der Waals surface area contributed by atoms with Gasteiger partial charge in [0.25, 0.3) is 0 Å². The summed E-state index contributed by atoms with van der Waals surface area (Å²) in [5.41, 5.74) is 7.02. The van der Waals surface area contributed by atoms with Crippen molar-refractivity contribution in [2.45, 2.75) is 6.61 Å². The molecule has 0 aliphatic carbocycles. The van der Waals surface area contributed by atoms with E-state index in [-0.39, 0.29) is 11.6 Å². The number of nitrogens with two attached hydrogens (primary N) is 1. The monoisotopic (exact) mass is 285 g/mol. The fourth-order valence-electron chi connectivity index (χ4n) is 1.44. The van der Waals surface area contributed by atoms with Crippen molar-refractivity contribution in [3.8, 4) is 5.75 Å². The number of ether oxygens (including phenoxy) is 1. The van der Waals surface area contributed by atoms with E-state index in [1.54, 1.807) is 18.2 Å². The molecular weight excluding hydrogens is 276 g/mol. The highest BCUT2D eigenvalue weighted by atomic mass is 35.5. The van der Waals surface area contributed by atoms with Crippen LogP contribution in [-0.2, 0) is 6.61 Å². The van der Waals surface area contributed by atoms with E-state index in [1.807, 2.05) is 0 Å². The summed E-state index contributed by atoms with van der Waals surface area (Å²) >= 11 is 11.7. The zero-order chi connectivity index (χ0) is 13.1. The van der Waals surface area contributed by atoms with Crippen LogP contribution in [0.4, 0.5) is 10.1 Å². The summed E-state index contributed by atoms with van der Waals surface area (Å²) in [6.45, 7) is 0.284. The summed E-state index contributed by atoms with van der Waals surface area (Å²) in [6.07, 6.45) is 0. The van der Waals surface area contributed by atoms with Crippen molar-refractivity contribution in [1.82, 2.24) is 0 Å². The van der Waals surface area contributed by atoms with Crippen LogP contribution in [0.5, 0.6) is 5.75 Å². The molecule has 0 unspecified atom stereocenters. The maximum Gasteiger partial charge on any atom is 0.138 e. The van der Waals surface area contributed by atoms with Gasteiger partial charge in [0.15, 0.2) is 0 Å². The lowest BCUT2D eigenvalue weighted by Crippen LogP contribution is -1.97. The molecule has 2 N–H and O–H groups in total. The average molecular weight is 286 g/mol. The highest BCUT2D eigenvalue weighted by Crippen LogP contribution is 2.26. The number of hydrogen-bond acceptors (Lipinski definition) is 2. The number of halogens is 3. The van der Waals surface area contributed by atoms with Crippen LogP contribution in [-0.4, -0.2) is 0 Å². The third-order valence-electron chi connectivity index (χ3n) is 2.35. The first-order valence-electron chi connectivity index (χ1n) is 5.18. The molecule has 0 aliphatic heterocycles. The van der Waals surface area contributed by atoms with Crippen molar-refractivity contribution in [3.63, 3.8) is 0 Å². The van der Waals surface area contributed by atoms with Gasteiger partial charge in [0.05, 0.1) is 15.7 Å². The zero-order valence-corrected chi connectivity index (χ0v) is 10.8.